The molecule has 5 rings (SSSR count). The van der Waals surface area contributed by atoms with Crippen LogP contribution in [0.4, 0.5) is 5.69 Å². The van der Waals surface area contributed by atoms with Crippen molar-refractivity contribution in [3.8, 4) is 29.1 Å². The Balaban J connectivity index is 1.29. The number of likely N-dealkylation sites (N-methyl/N-ethyl adjacent to an activating group) is 1. The molecule has 1 aliphatic heterocycles. The Labute approximate surface area is 215 Å². The average Bonchev–Trinajstić information content (AvgIpc) is 3.32. The predicted octanol–water partition coefficient (Wildman–Crippen LogP) is 3.68. The van der Waals surface area contributed by atoms with Crippen LogP contribution in [0.25, 0.3) is 0 Å². The van der Waals surface area contributed by atoms with Crippen LogP contribution in [0.5, 0.6) is 17.2 Å². The van der Waals surface area contributed by atoms with Gasteiger partial charge >= 0.3 is 0 Å². The molecular weight excluding hydrogens is 470 g/mol. The van der Waals surface area contributed by atoms with Crippen LogP contribution in [0.3, 0.4) is 0 Å². The van der Waals surface area contributed by atoms with Crippen molar-refractivity contribution in [2.24, 2.45) is 0 Å². The molecule has 3 aromatic rings. The minimum absolute atomic E-state index is 0.0348. The number of anilines is 1. The number of nitrogens with one attached hydrogen (secondary N) is 1. The summed E-state index contributed by atoms with van der Waals surface area (Å²) in [7, 11) is 1.63. The number of carbonyl (C=O) groups is 2. The smallest absolute Gasteiger partial charge is 0.270 e. The maximum absolute atomic E-state index is 13.2. The molecule has 0 saturated heterocycles. The monoisotopic (exact) mass is 497 g/mol. The van der Waals surface area contributed by atoms with E-state index in [0.717, 1.165) is 12.8 Å². The van der Waals surface area contributed by atoms with E-state index in [4.69, 9.17) is 9.47 Å². The number of rotatable bonds is 4. The van der Waals surface area contributed by atoms with Crippen molar-refractivity contribution in [2.75, 3.05) is 18.6 Å². The average molecular weight is 498 g/mol. The molecule has 1 unspecified atom stereocenters. The minimum Gasteiger partial charge on any atom is -0.489 e. The van der Waals surface area contributed by atoms with E-state index in [1.807, 2.05) is 30.3 Å². The van der Waals surface area contributed by atoms with Crippen LogP contribution < -0.4 is 19.7 Å². The Morgan fingerprint density at radius 1 is 1.14 bits per heavy atom. The highest BCUT2D eigenvalue weighted by atomic mass is 16.5. The number of aliphatic hydroxyl groups is 1. The number of amides is 2. The standard InChI is InChI=1S/C29H27N3O5/c1-32-25-17-20(11-15-29(35)13-5-6-14-29)9-10-26(25)36-19-24(28(32)34)31-27(33)23-18-22(12-16-30-23)37-21-7-3-2-4-8-21/h2-4,7-10,12,16-18,24,35H,5-6,13-14,19H2,1H3,(H,31,33). The molecule has 1 saturated carbocycles. The van der Waals surface area contributed by atoms with Crippen LogP contribution in [-0.2, 0) is 4.79 Å². The van der Waals surface area contributed by atoms with E-state index in [0.29, 0.717) is 41.3 Å². The van der Waals surface area contributed by atoms with Crippen molar-refractivity contribution < 1.29 is 24.2 Å². The second-order valence-electron chi connectivity index (χ2n) is 9.20. The van der Waals surface area contributed by atoms with E-state index < -0.39 is 17.6 Å². The molecule has 2 heterocycles. The molecule has 8 heteroatoms. The van der Waals surface area contributed by atoms with Gasteiger partial charge in [0.05, 0.1) is 5.69 Å². The number of benzene rings is 2. The molecule has 1 atom stereocenters. The third-order valence-electron chi connectivity index (χ3n) is 6.47. The Morgan fingerprint density at radius 3 is 2.70 bits per heavy atom. The molecule has 1 aromatic heterocycles. The van der Waals surface area contributed by atoms with Gasteiger partial charge in [0.1, 0.15) is 41.2 Å². The third kappa shape index (κ3) is 5.57. The van der Waals surface area contributed by atoms with Crippen LogP contribution in [0, 0.1) is 11.8 Å². The molecule has 37 heavy (non-hydrogen) atoms. The number of hydrogen-bond donors (Lipinski definition) is 2. The minimum atomic E-state index is -0.947. The van der Waals surface area contributed by atoms with Crippen molar-refractivity contribution in [2.45, 2.75) is 37.3 Å². The first kappa shape index (κ1) is 24.3. The molecule has 1 fully saturated rings. The van der Waals surface area contributed by atoms with Crippen molar-refractivity contribution in [3.63, 3.8) is 0 Å². The molecule has 188 valence electrons. The van der Waals surface area contributed by atoms with Gasteiger partial charge in [-0.2, -0.15) is 0 Å². The molecule has 0 bridgehead atoms. The van der Waals surface area contributed by atoms with Crippen molar-refractivity contribution in [1.29, 1.82) is 0 Å². The summed E-state index contributed by atoms with van der Waals surface area (Å²) in [6, 6.07) is 16.8. The summed E-state index contributed by atoms with van der Waals surface area (Å²) in [5, 5.41) is 13.2. The highest BCUT2D eigenvalue weighted by Crippen LogP contribution is 2.32. The van der Waals surface area contributed by atoms with Gasteiger partial charge in [-0.25, -0.2) is 0 Å². The van der Waals surface area contributed by atoms with E-state index in [9.17, 15) is 14.7 Å². The Morgan fingerprint density at radius 2 is 1.92 bits per heavy atom. The number of fused-ring (bicyclic) bond motifs is 1. The maximum atomic E-state index is 13.2. The lowest BCUT2D eigenvalue weighted by atomic mass is 10.0. The maximum Gasteiger partial charge on any atom is 0.270 e. The van der Waals surface area contributed by atoms with Crippen LogP contribution >= 0.6 is 0 Å². The number of carbonyl (C=O) groups excluding carboxylic acids is 2. The third-order valence-corrected chi connectivity index (χ3v) is 6.47. The van der Waals surface area contributed by atoms with Crippen molar-refractivity contribution >= 4 is 17.5 Å². The normalized spacial score (nSPS) is 18.1. The fraction of sp³-hybridized carbons (Fsp3) is 0.276. The molecule has 2 amide bonds. The van der Waals surface area contributed by atoms with Gasteiger partial charge in [-0.15, -0.1) is 0 Å². The largest absolute Gasteiger partial charge is 0.489 e. The zero-order chi connectivity index (χ0) is 25.8. The zero-order valence-electron chi connectivity index (χ0n) is 20.4. The van der Waals surface area contributed by atoms with E-state index in [1.165, 1.54) is 17.2 Å². The molecule has 0 radical (unpaired) electrons. The summed E-state index contributed by atoms with van der Waals surface area (Å²) in [5.41, 5.74) is 0.387. The van der Waals surface area contributed by atoms with Gasteiger partial charge in [0, 0.05) is 24.9 Å². The van der Waals surface area contributed by atoms with E-state index in [1.54, 1.807) is 31.3 Å². The van der Waals surface area contributed by atoms with Gasteiger partial charge in [-0.3, -0.25) is 14.6 Å². The molecule has 2 N–H and O–H groups in total. The van der Waals surface area contributed by atoms with Gasteiger partial charge in [-0.05, 0) is 62.1 Å². The quantitative estimate of drug-likeness (QED) is 0.534. The second kappa shape index (κ2) is 10.3. The molecule has 2 aromatic carbocycles. The summed E-state index contributed by atoms with van der Waals surface area (Å²) in [6.45, 7) is -0.0348. The van der Waals surface area contributed by atoms with E-state index >= 15 is 0 Å². The fourth-order valence-electron chi connectivity index (χ4n) is 4.41. The van der Waals surface area contributed by atoms with E-state index in [-0.39, 0.29) is 18.2 Å². The van der Waals surface area contributed by atoms with Gasteiger partial charge in [0.25, 0.3) is 11.8 Å². The first-order valence-electron chi connectivity index (χ1n) is 12.2. The van der Waals surface area contributed by atoms with Crippen molar-refractivity contribution in [3.05, 3.63) is 78.1 Å². The number of hydrogen-bond acceptors (Lipinski definition) is 6. The Bertz CT molecular complexity index is 1370. The number of nitrogens with zero attached hydrogens (tertiary/aromatic N) is 2. The molecule has 2 aliphatic rings. The number of para-hydroxylation sites is 1. The molecular formula is C29H27N3O5. The first-order valence-corrected chi connectivity index (χ1v) is 12.2. The van der Waals surface area contributed by atoms with Gasteiger partial charge in [-0.1, -0.05) is 30.0 Å². The van der Waals surface area contributed by atoms with Gasteiger partial charge in [0.2, 0.25) is 0 Å². The fourth-order valence-corrected chi connectivity index (χ4v) is 4.41. The van der Waals surface area contributed by atoms with Crippen LogP contribution in [0.1, 0.15) is 41.7 Å². The predicted molar refractivity (Wildman–Crippen MR) is 138 cm³/mol. The second-order valence-corrected chi connectivity index (χ2v) is 9.20. The summed E-state index contributed by atoms with van der Waals surface area (Å²) < 4.78 is 11.7. The Hall–Kier alpha value is -4.35. The number of ether oxygens (including phenoxy) is 2. The summed E-state index contributed by atoms with van der Waals surface area (Å²) in [6.07, 6.45) is 4.75. The molecule has 0 spiro atoms. The van der Waals surface area contributed by atoms with Crippen molar-refractivity contribution in [1.82, 2.24) is 10.3 Å². The lowest BCUT2D eigenvalue weighted by Gasteiger charge is -2.20. The zero-order valence-corrected chi connectivity index (χ0v) is 20.4. The SMILES string of the molecule is CN1C(=O)C(NC(=O)c2cc(Oc3ccccc3)ccn2)COc2ccc(C#CC3(O)CCCC3)cc21. The number of pyridine rings is 1. The highest BCUT2D eigenvalue weighted by molar-refractivity contribution is 6.03. The topological polar surface area (TPSA) is 101 Å². The van der Waals surface area contributed by atoms with Crippen LogP contribution in [0.15, 0.2) is 66.9 Å². The lowest BCUT2D eigenvalue weighted by Crippen LogP contribution is -2.49. The number of aromatic nitrogens is 1. The van der Waals surface area contributed by atoms with Gasteiger partial charge in [0.15, 0.2) is 0 Å². The highest BCUT2D eigenvalue weighted by Gasteiger charge is 2.32. The first-order chi connectivity index (χ1) is 17.9. The van der Waals surface area contributed by atoms with Gasteiger partial charge < -0.3 is 24.8 Å². The summed E-state index contributed by atoms with van der Waals surface area (Å²) in [4.78, 5) is 31.8. The Kier molecular flexibility index (Phi) is 6.80. The lowest BCUT2D eigenvalue weighted by molar-refractivity contribution is -0.120. The molecule has 8 nitrogen and oxygen atoms in total. The van der Waals surface area contributed by atoms with E-state index in [2.05, 4.69) is 22.1 Å². The van der Waals surface area contributed by atoms with Crippen LogP contribution in [-0.4, -0.2) is 47.2 Å². The summed E-state index contributed by atoms with van der Waals surface area (Å²) in [5.74, 6) is 6.77. The summed E-state index contributed by atoms with van der Waals surface area (Å²) >= 11 is 0. The van der Waals surface area contributed by atoms with Crippen LogP contribution in [0.2, 0.25) is 0 Å². The molecule has 1 aliphatic carbocycles.